The largest absolute Gasteiger partial charge is 0.494 e. The van der Waals surface area contributed by atoms with Crippen LogP contribution in [0.2, 0.25) is 0 Å². The fraction of sp³-hybridized carbons (Fsp3) is 0.333. The second-order valence-electron chi connectivity index (χ2n) is 6.74. The summed E-state index contributed by atoms with van der Waals surface area (Å²) in [7, 11) is -3.36. The van der Waals surface area contributed by atoms with Crippen LogP contribution in [0, 0.1) is 0 Å². The van der Waals surface area contributed by atoms with Gasteiger partial charge in [0.25, 0.3) is 0 Å². The van der Waals surface area contributed by atoms with Gasteiger partial charge >= 0.3 is 5.97 Å². The third kappa shape index (κ3) is 4.95. The van der Waals surface area contributed by atoms with E-state index in [4.69, 9.17) is 9.47 Å². The Hall–Kier alpha value is -2.87. The minimum absolute atomic E-state index is 0.329. The molecule has 1 aliphatic heterocycles. The average Bonchev–Trinajstić information content (AvgIpc) is 2.71. The molecule has 0 aliphatic carbocycles. The van der Waals surface area contributed by atoms with E-state index in [-0.39, 0.29) is 12.4 Å². The summed E-state index contributed by atoms with van der Waals surface area (Å²) in [6.45, 7) is 2.44. The summed E-state index contributed by atoms with van der Waals surface area (Å²) in [6, 6.07) is 11.4. The van der Waals surface area contributed by atoms with Crippen LogP contribution in [0.1, 0.15) is 39.6 Å². The van der Waals surface area contributed by atoms with Gasteiger partial charge in [0.15, 0.2) is 12.4 Å². The number of carbonyl (C=O) groups is 2. The molecule has 0 amide bonds. The van der Waals surface area contributed by atoms with E-state index < -0.39 is 16.0 Å². The highest BCUT2D eigenvalue weighted by molar-refractivity contribution is 7.92. The predicted molar refractivity (Wildman–Crippen MR) is 109 cm³/mol. The monoisotopic (exact) mass is 417 g/mol. The Bertz CT molecular complexity index is 1010. The number of ketones is 1. The number of fused-ring (bicyclic) bond motifs is 1. The summed E-state index contributed by atoms with van der Waals surface area (Å²) < 4.78 is 35.7. The minimum atomic E-state index is -3.36. The summed E-state index contributed by atoms with van der Waals surface area (Å²) in [5, 5.41) is 0. The minimum Gasteiger partial charge on any atom is -0.494 e. The molecule has 8 heteroatoms. The summed E-state index contributed by atoms with van der Waals surface area (Å²) in [5.74, 6) is -0.288. The molecule has 0 aromatic heterocycles. The molecule has 3 rings (SSSR count). The molecular weight excluding hydrogens is 394 g/mol. The molecule has 0 unspecified atom stereocenters. The van der Waals surface area contributed by atoms with Crippen LogP contribution in [0.15, 0.2) is 42.5 Å². The van der Waals surface area contributed by atoms with Crippen molar-refractivity contribution in [2.24, 2.45) is 0 Å². The molecule has 0 spiro atoms. The number of rotatable bonds is 7. The number of nitrogens with zero attached hydrogens (tertiary/aromatic N) is 1. The first kappa shape index (κ1) is 20.9. The molecule has 2 aromatic rings. The van der Waals surface area contributed by atoms with Crippen LogP contribution >= 0.6 is 0 Å². The first-order valence-corrected chi connectivity index (χ1v) is 11.2. The van der Waals surface area contributed by atoms with E-state index in [1.807, 2.05) is 6.92 Å². The van der Waals surface area contributed by atoms with Gasteiger partial charge < -0.3 is 9.47 Å². The lowest BCUT2D eigenvalue weighted by Gasteiger charge is -2.29. The second kappa shape index (κ2) is 8.65. The van der Waals surface area contributed by atoms with Crippen molar-refractivity contribution in [3.05, 3.63) is 59.2 Å². The van der Waals surface area contributed by atoms with Gasteiger partial charge in [-0.2, -0.15) is 0 Å². The van der Waals surface area contributed by atoms with Gasteiger partial charge in [-0.05, 0) is 67.8 Å². The van der Waals surface area contributed by atoms with Gasteiger partial charge in [-0.15, -0.1) is 0 Å². The summed E-state index contributed by atoms with van der Waals surface area (Å²) in [5.41, 5.74) is 2.11. The second-order valence-corrected chi connectivity index (χ2v) is 8.65. The lowest BCUT2D eigenvalue weighted by molar-refractivity contribution is 0.0474. The number of hydrogen-bond acceptors (Lipinski definition) is 6. The smallest absolute Gasteiger partial charge is 0.338 e. The third-order valence-corrected chi connectivity index (χ3v) is 5.79. The van der Waals surface area contributed by atoms with Gasteiger partial charge in [0.1, 0.15) is 5.75 Å². The molecule has 0 fully saturated rings. The standard InChI is InChI=1S/C21H23NO6S/c1-3-27-18-9-6-15(7-10-18)21(24)28-14-20(23)17-8-11-19-16(13-17)5-4-12-22(19)29(2,25)26/h6-11,13H,3-5,12,14H2,1-2H3. The van der Waals surface area contributed by atoms with E-state index in [0.29, 0.717) is 48.6 Å². The molecule has 0 saturated carbocycles. The lowest BCUT2D eigenvalue weighted by Crippen LogP contribution is -2.34. The molecular formula is C21H23NO6S. The normalized spacial score (nSPS) is 13.5. The van der Waals surface area contributed by atoms with Crippen molar-refractivity contribution in [1.29, 1.82) is 0 Å². The topological polar surface area (TPSA) is 90.0 Å². The molecule has 0 saturated heterocycles. The zero-order valence-electron chi connectivity index (χ0n) is 16.4. The summed E-state index contributed by atoms with van der Waals surface area (Å²) >= 11 is 0. The SMILES string of the molecule is CCOc1ccc(C(=O)OCC(=O)c2ccc3c(c2)CCCN3S(C)(=O)=O)cc1. The number of hydrogen-bond donors (Lipinski definition) is 0. The van der Waals surface area contributed by atoms with Gasteiger partial charge in [0.2, 0.25) is 10.0 Å². The zero-order chi connectivity index (χ0) is 21.0. The van der Waals surface area contributed by atoms with E-state index in [1.54, 1.807) is 42.5 Å². The lowest BCUT2D eigenvalue weighted by atomic mass is 9.99. The highest BCUT2D eigenvalue weighted by Crippen LogP contribution is 2.30. The highest BCUT2D eigenvalue weighted by Gasteiger charge is 2.25. The fourth-order valence-corrected chi connectivity index (χ4v) is 4.23. The Morgan fingerprint density at radius 1 is 1.07 bits per heavy atom. The molecule has 1 aliphatic rings. The van der Waals surface area contributed by atoms with Gasteiger partial charge in [0, 0.05) is 12.1 Å². The Morgan fingerprint density at radius 3 is 2.41 bits per heavy atom. The Morgan fingerprint density at radius 2 is 1.76 bits per heavy atom. The first-order chi connectivity index (χ1) is 13.8. The number of benzene rings is 2. The van der Waals surface area contributed by atoms with Crippen molar-refractivity contribution in [3.63, 3.8) is 0 Å². The van der Waals surface area contributed by atoms with Crippen LogP contribution in [0.5, 0.6) is 5.75 Å². The Balaban J connectivity index is 1.66. The van der Waals surface area contributed by atoms with Crippen LogP contribution in [-0.4, -0.2) is 46.2 Å². The number of sulfonamides is 1. The number of aryl methyl sites for hydroxylation is 1. The van der Waals surface area contributed by atoms with Crippen molar-refractivity contribution in [1.82, 2.24) is 0 Å². The number of ether oxygens (including phenoxy) is 2. The average molecular weight is 417 g/mol. The van der Waals surface area contributed by atoms with Gasteiger partial charge in [-0.1, -0.05) is 0 Å². The predicted octanol–water partition coefficient (Wildman–Crippen LogP) is 2.84. The fourth-order valence-electron chi connectivity index (χ4n) is 3.23. The van der Waals surface area contributed by atoms with Crippen molar-refractivity contribution in [3.8, 4) is 5.75 Å². The van der Waals surface area contributed by atoms with Crippen molar-refractivity contribution in [2.75, 3.05) is 30.3 Å². The van der Waals surface area contributed by atoms with E-state index in [1.165, 1.54) is 10.6 Å². The number of esters is 1. The van der Waals surface area contributed by atoms with Crippen LogP contribution in [-0.2, 0) is 21.2 Å². The maximum Gasteiger partial charge on any atom is 0.338 e. The van der Waals surface area contributed by atoms with Crippen molar-refractivity contribution < 1.29 is 27.5 Å². The maximum absolute atomic E-state index is 12.5. The van der Waals surface area contributed by atoms with Crippen molar-refractivity contribution >= 4 is 27.5 Å². The molecule has 0 atom stereocenters. The van der Waals surface area contributed by atoms with Gasteiger partial charge in [-0.25, -0.2) is 13.2 Å². The molecule has 2 aromatic carbocycles. The maximum atomic E-state index is 12.5. The van der Waals surface area contributed by atoms with E-state index in [9.17, 15) is 18.0 Å². The zero-order valence-corrected chi connectivity index (χ0v) is 17.2. The molecule has 154 valence electrons. The number of anilines is 1. The van der Waals surface area contributed by atoms with Gasteiger partial charge in [-0.3, -0.25) is 9.10 Å². The quantitative estimate of drug-likeness (QED) is 0.508. The molecule has 29 heavy (non-hydrogen) atoms. The summed E-state index contributed by atoms with van der Waals surface area (Å²) in [6.07, 6.45) is 2.54. The Labute approximate surface area is 170 Å². The van der Waals surface area contributed by atoms with Crippen LogP contribution in [0.25, 0.3) is 0 Å². The van der Waals surface area contributed by atoms with Gasteiger partial charge in [0.05, 0.1) is 24.1 Å². The van der Waals surface area contributed by atoms with Crippen LogP contribution < -0.4 is 9.04 Å². The first-order valence-electron chi connectivity index (χ1n) is 9.33. The van der Waals surface area contributed by atoms with E-state index in [0.717, 1.165) is 5.56 Å². The molecule has 1 heterocycles. The molecule has 0 bridgehead atoms. The van der Waals surface area contributed by atoms with Crippen molar-refractivity contribution in [2.45, 2.75) is 19.8 Å². The van der Waals surface area contributed by atoms with E-state index >= 15 is 0 Å². The Kier molecular flexibility index (Phi) is 6.22. The van der Waals surface area contributed by atoms with Crippen LogP contribution in [0.3, 0.4) is 0 Å². The number of Topliss-reactive ketones (excluding diaryl/α,β-unsaturated/α-hetero) is 1. The number of carbonyl (C=O) groups excluding carboxylic acids is 2. The van der Waals surface area contributed by atoms with E-state index in [2.05, 4.69) is 0 Å². The highest BCUT2D eigenvalue weighted by atomic mass is 32.2. The molecule has 7 nitrogen and oxygen atoms in total. The van der Waals surface area contributed by atoms with Crippen LogP contribution in [0.4, 0.5) is 5.69 Å². The summed E-state index contributed by atoms with van der Waals surface area (Å²) in [4.78, 5) is 24.6. The molecule has 0 N–H and O–H groups in total. The third-order valence-electron chi connectivity index (χ3n) is 4.61. The molecule has 0 radical (unpaired) electrons.